The van der Waals surface area contributed by atoms with Crippen molar-refractivity contribution in [2.24, 2.45) is 11.8 Å². The lowest BCUT2D eigenvalue weighted by Crippen LogP contribution is -2.40. The number of hydrogen-bond donors (Lipinski definition) is 2. The summed E-state index contributed by atoms with van der Waals surface area (Å²) in [6.45, 7) is 2.18. The van der Waals surface area contributed by atoms with Crippen LogP contribution in [-0.2, 0) is 19.6 Å². The second-order valence-electron chi connectivity index (χ2n) is 8.25. The van der Waals surface area contributed by atoms with E-state index in [0.717, 1.165) is 12.8 Å². The van der Waals surface area contributed by atoms with E-state index in [0.29, 0.717) is 43.8 Å². The van der Waals surface area contributed by atoms with Crippen LogP contribution in [0.15, 0.2) is 30.4 Å². The summed E-state index contributed by atoms with van der Waals surface area (Å²) in [6.07, 6.45) is 7.32. The van der Waals surface area contributed by atoms with Gasteiger partial charge >= 0.3 is 0 Å². The third-order valence-electron chi connectivity index (χ3n) is 5.48. The number of ether oxygens (including phenoxy) is 1. The molecule has 0 spiro atoms. The van der Waals surface area contributed by atoms with Crippen molar-refractivity contribution in [2.75, 3.05) is 12.4 Å². The molecule has 1 unspecified atom stereocenters. The minimum absolute atomic E-state index is 0.102. The second kappa shape index (κ2) is 10.4. The highest BCUT2D eigenvalue weighted by Gasteiger charge is 2.25. The number of piperidine rings is 1. The molecule has 170 valence electrons. The van der Waals surface area contributed by atoms with Gasteiger partial charge in [0.05, 0.1) is 12.4 Å². The van der Waals surface area contributed by atoms with E-state index < -0.39 is 21.9 Å². The van der Waals surface area contributed by atoms with E-state index in [1.54, 1.807) is 31.2 Å². The molecule has 2 atom stereocenters. The maximum Gasteiger partial charge on any atom is 0.229 e. The van der Waals surface area contributed by atoms with Crippen LogP contribution in [0, 0.1) is 17.7 Å². The number of halogens is 1. The first-order chi connectivity index (χ1) is 14.7. The van der Waals surface area contributed by atoms with Gasteiger partial charge in [0, 0.05) is 18.4 Å². The van der Waals surface area contributed by atoms with E-state index in [9.17, 15) is 22.4 Å². The molecule has 9 heteroatoms. The van der Waals surface area contributed by atoms with Crippen molar-refractivity contribution in [1.82, 2.24) is 10.0 Å². The van der Waals surface area contributed by atoms with Crippen LogP contribution < -0.4 is 14.8 Å². The van der Waals surface area contributed by atoms with Crippen LogP contribution in [0.5, 0.6) is 5.75 Å². The molecule has 2 aliphatic rings. The van der Waals surface area contributed by atoms with Gasteiger partial charge in [-0.3, -0.25) is 14.9 Å². The van der Waals surface area contributed by atoms with E-state index in [1.165, 1.54) is 6.07 Å². The molecule has 31 heavy (non-hydrogen) atoms. The lowest BCUT2D eigenvalue weighted by Gasteiger charge is -2.19. The Kier molecular flexibility index (Phi) is 7.83. The van der Waals surface area contributed by atoms with Gasteiger partial charge in [0.2, 0.25) is 21.8 Å². The summed E-state index contributed by atoms with van der Waals surface area (Å²) in [5.74, 6) is -0.703. The van der Waals surface area contributed by atoms with E-state index >= 15 is 0 Å². The van der Waals surface area contributed by atoms with Gasteiger partial charge < -0.3 is 4.74 Å². The highest BCUT2D eigenvalue weighted by atomic mass is 32.2. The number of hydrogen-bond acceptors (Lipinski definition) is 5. The van der Waals surface area contributed by atoms with Gasteiger partial charge in [-0.05, 0) is 62.6 Å². The summed E-state index contributed by atoms with van der Waals surface area (Å²) >= 11 is 0. The van der Waals surface area contributed by atoms with Crippen LogP contribution in [-0.4, -0.2) is 32.6 Å². The molecule has 2 N–H and O–H groups in total. The normalized spacial score (nSPS) is 20.6. The first-order valence-corrected chi connectivity index (χ1v) is 12.3. The first-order valence-electron chi connectivity index (χ1n) is 10.6. The molecule has 1 aliphatic carbocycles. The topological polar surface area (TPSA) is 102 Å². The fourth-order valence-electron chi connectivity index (χ4n) is 3.35. The number of rotatable bonds is 11. The SMILES string of the molecule is C[C@@H](NS(=O)(=O)CCC=CCC1CCC(=O)NC1=O)c1ccc(F)c(OCC2CC2)c1. The number of amides is 2. The monoisotopic (exact) mass is 452 g/mol. The quantitative estimate of drug-likeness (QED) is 0.397. The summed E-state index contributed by atoms with van der Waals surface area (Å²) in [6, 6.07) is 3.86. The van der Waals surface area contributed by atoms with Crippen molar-refractivity contribution >= 4 is 21.8 Å². The predicted molar refractivity (Wildman–Crippen MR) is 114 cm³/mol. The highest BCUT2D eigenvalue weighted by Crippen LogP contribution is 2.31. The third-order valence-corrected chi connectivity index (χ3v) is 6.96. The molecule has 1 heterocycles. The number of carbonyl (C=O) groups is 2. The van der Waals surface area contributed by atoms with Crippen molar-refractivity contribution in [3.63, 3.8) is 0 Å². The maximum atomic E-state index is 13.9. The van der Waals surface area contributed by atoms with Crippen LogP contribution in [0.25, 0.3) is 0 Å². The van der Waals surface area contributed by atoms with Crippen LogP contribution in [0.4, 0.5) is 4.39 Å². The molecule has 2 amide bonds. The smallest absolute Gasteiger partial charge is 0.229 e. The molecule has 3 rings (SSSR count). The van der Waals surface area contributed by atoms with Crippen molar-refractivity contribution in [3.8, 4) is 5.75 Å². The van der Waals surface area contributed by atoms with E-state index in [-0.39, 0.29) is 29.2 Å². The maximum absolute atomic E-state index is 13.9. The Morgan fingerprint density at radius 2 is 2.03 bits per heavy atom. The van der Waals surface area contributed by atoms with Gasteiger partial charge in [-0.25, -0.2) is 17.5 Å². The molecule has 0 aromatic heterocycles. The fraction of sp³-hybridized carbons (Fsp3) is 0.545. The van der Waals surface area contributed by atoms with Gasteiger partial charge in [0.1, 0.15) is 0 Å². The lowest BCUT2D eigenvalue weighted by molar-refractivity contribution is -0.136. The Balaban J connectivity index is 1.45. The fourth-order valence-corrected chi connectivity index (χ4v) is 4.59. The van der Waals surface area contributed by atoms with Gasteiger partial charge in [0.15, 0.2) is 11.6 Å². The Morgan fingerprint density at radius 1 is 1.26 bits per heavy atom. The molecule has 1 saturated heterocycles. The van der Waals surface area contributed by atoms with E-state index in [2.05, 4.69) is 10.0 Å². The van der Waals surface area contributed by atoms with Gasteiger partial charge in [0.25, 0.3) is 0 Å². The van der Waals surface area contributed by atoms with Crippen molar-refractivity contribution in [3.05, 3.63) is 41.7 Å². The summed E-state index contributed by atoms with van der Waals surface area (Å²) in [7, 11) is -3.55. The molecule has 0 radical (unpaired) electrons. The molecular weight excluding hydrogens is 423 g/mol. The average molecular weight is 453 g/mol. The van der Waals surface area contributed by atoms with Gasteiger partial charge in [-0.2, -0.15) is 0 Å². The molecular formula is C22H29FN2O5S. The average Bonchev–Trinajstić information content (AvgIpc) is 3.52. The standard InChI is InChI=1S/C22H29FN2O5S/c1-15(18-8-10-19(23)20(13-18)30-14-16-6-7-16)25-31(28,29)12-4-2-3-5-17-9-11-21(26)24-22(17)27/h2-3,8,10,13,15-17,25H,4-7,9,11-12,14H2,1H3,(H,24,26,27)/t15-,17?/m1/s1. The van der Waals surface area contributed by atoms with E-state index in [1.807, 2.05) is 0 Å². The summed E-state index contributed by atoms with van der Waals surface area (Å²) < 4.78 is 46.9. The van der Waals surface area contributed by atoms with Crippen molar-refractivity contribution < 1.29 is 27.1 Å². The molecule has 1 aromatic carbocycles. The van der Waals surface area contributed by atoms with Crippen molar-refractivity contribution in [1.29, 1.82) is 0 Å². The van der Waals surface area contributed by atoms with Gasteiger partial charge in [-0.15, -0.1) is 0 Å². The number of sulfonamides is 1. The molecule has 1 aliphatic heterocycles. The number of allylic oxidation sites excluding steroid dienone is 2. The Bertz CT molecular complexity index is 943. The first kappa shape index (κ1) is 23.4. The number of carbonyl (C=O) groups excluding carboxylic acids is 2. The zero-order chi connectivity index (χ0) is 22.4. The predicted octanol–water partition coefficient (Wildman–Crippen LogP) is 2.98. The van der Waals surface area contributed by atoms with Crippen molar-refractivity contribution in [2.45, 2.75) is 51.5 Å². The Hall–Kier alpha value is -2.26. The zero-order valence-electron chi connectivity index (χ0n) is 17.6. The summed E-state index contributed by atoms with van der Waals surface area (Å²) in [5, 5.41) is 2.31. The van der Waals surface area contributed by atoms with Gasteiger partial charge in [-0.1, -0.05) is 18.2 Å². The zero-order valence-corrected chi connectivity index (χ0v) is 18.4. The summed E-state index contributed by atoms with van der Waals surface area (Å²) in [4.78, 5) is 22.8. The minimum atomic E-state index is -3.55. The second-order valence-corrected chi connectivity index (χ2v) is 10.1. The largest absolute Gasteiger partial charge is 0.490 e. The number of benzene rings is 1. The molecule has 7 nitrogen and oxygen atoms in total. The Morgan fingerprint density at radius 3 is 2.74 bits per heavy atom. The minimum Gasteiger partial charge on any atom is -0.490 e. The third kappa shape index (κ3) is 7.43. The van der Waals surface area contributed by atoms with Crippen LogP contribution >= 0.6 is 0 Å². The molecule has 1 saturated carbocycles. The molecule has 1 aromatic rings. The highest BCUT2D eigenvalue weighted by molar-refractivity contribution is 7.89. The number of imide groups is 1. The summed E-state index contributed by atoms with van der Waals surface area (Å²) in [5.41, 5.74) is 0.629. The molecule has 0 bridgehead atoms. The van der Waals surface area contributed by atoms with Crippen LogP contribution in [0.1, 0.15) is 57.1 Å². The Labute approximate surface area is 182 Å². The number of nitrogens with one attached hydrogen (secondary N) is 2. The van der Waals surface area contributed by atoms with Crippen LogP contribution in [0.2, 0.25) is 0 Å². The lowest BCUT2D eigenvalue weighted by atomic mass is 9.95. The molecule has 2 fully saturated rings. The van der Waals surface area contributed by atoms with E-state index in [4.69, 9.17) is 4.74 Å². The van der Waals surface area contributed by atoms with Crippen LogP contribution in [0.3, 0.4) is 0 Å².